The number of benzene rings is 1. The highest BCUT2D eigenvalue weighted by molar-refractivity contribution is 9.10. The second-order valence-corrected chi connectivity index (χ2v) is 6.17. The number of nitrogens with one attached hydrogen (secondary N) is 1. The Kier molecular flexibility index (Phi) is 3.78. The second-order valence-electron chi connectivity index (χ2n) is 4.94. The van der Waals surface area contributed by atoms with Gasteiger partial charge in [-0.3, -0.25) is 5.43 Å². The number of anilines is 1. The van der Waals surface area contributed by atoms with Gasteiger partial charge in [0, 0.05) is 22.0 Å². The van der Waals surface area contributed by atoms with Gasteiger partial charge in [0.15, 0.2) is 5.84 Å². The van der Waals surface area contributed by atoms with Crippen molar-refractivity contribution in [2.75, 3.05) is 5.43 Å². The van der Waals surface area contributed by atoms with Gasteiger partial charge in [-0.1, -0.05) is 38.4 Å². The second kappa shape index (κ2) is 5.02. The molecule has 0 spiro atoms. The minimum Gasteiger partial charge on any atom is -0.275 e. The maximum atomic E-state index is 6.16. The van der Waals surface area contributed by atoms with E-state index in [1.54, 1.807) is 0 Å². The molecule has 1 N–H and O–H groups in total. The van der Waals surface area contributed by atoms with Gasteiger partial charge in [0.2, 0.25) is 0 Å². The average Bonchev–Trinajstić information content (AvgIpc) is 2.57. The maximum absolute atomic E-state index is 6.16. The molecule has 1 aromatic rings. The third-order valence-electron chi connectivity index (χ3n) is 3.37. The highest BCUT2D eigenvalue weighted by Gasteiger charge is 2.35. The Morgan fingerprint density at radius 3 is 2.78 bits per heavy atom. The van der Waals surface area contributed by atoms with Gasteiger partial charge in [-0.05, 0) is 28.1 Å². The molecular weight excluding hydrogens is 314 g/mol. The molecule has 0 amide bonds. The van der Waals surface area contributed by atoms with E-state index in [1.807, 2.05) is 24.4 Å². The Balaban J connectivity index is 2.22. The van der Waals surface area contributed by atoms with Crippen LogP contribution in [-0.4, -0.2) is 12.1 Å². The topological polar surface area (TPSA) is 36.8 Å². The van der Waals surface area contributed by atoms with E-state index in [0.717, 1.165) is 16.0 Å². The first-order chi connectivity index (χ1) is 8.43. The van der Waals surface area contributed by atoms with Crippen LogP contribution in [0.15, 0.2) is 32.8 Å². The average molecular weight is 329 g/mol. The van der Waals surface area contributed by atoms with Crippen LogP contribution in [0.1, 0.15) is 20.8 Å². The smallest absolute Gasteiger partial charge is 0.154 e. The lowest BCUT2D eigenvalue weighted by atomic mass is 9.82. The van der Waals surface area contributed by atoms with Crippen LogP contribution in [0.2, 0.25) is 5.02 Å². The minimum absolute atomic E-state index is 0.0501. The molecule has 5 heteroatoms. The van der Waals surface area contributed by atoms with Crippen LogP contribution in [0, 0.1) is 11.3 Å². The molecule has 0 fully saturated rings. The Hall–Kier alpha value is -0.870. The first-order valence-electron chi connectivity index (χ1n) is 5.75. The van der Waals surface area contributed by atoms with Gasteiger partial charge < -0.3 is 0 Å². The van der Waals surface area contributed by atoms with Crippen LogP contribution in [0.3, 0.4) is 0 Å². The number of hydrogen-bond acceptors (Lipinski definition) is 2. The van der Waals surface area contributed by atoms with Crippen molar-refractivity contribution < 1.29 is 0 Å². The van der Waals surface area contributed by atoms with E-state index in [9.17, 15) is 0 Å². The first kappa shape index (κ1) is 13.6. The zero-order valence-corrected chi connectivity index (χ0v) is 12.9. The SMILES string of the molecule is CC1C=N/C(=N/Nc2cccc(Br)c2Cl)C1(C)C. The summed E-state index contributed by atoms with van der Waals surface area (Å²) in [4.78, 5) is 4.34. The van der Waals surface area contributed by atoms with Crippen LogP contribution < -0.4 is 5.43 Å². The number of nitrogens with zero attached hydrogens (tertiary/aromatic N) is 2. The molecule has 0 saturated carbocycles. The summed E-state index contributed by atoms with van der Waals surface area (Å²) < 4.78 is 0.844. The maximum Gasteiger partial charge on any atom is 0.154 e. The Labute approximate surface area is 120 Å². The van der Waals surface area contributed by atoms with Crippen LogP contribution >= 0.6 is 27.5 Å². The highest BCUT2D eigenvalue weighted by Crippen LogP contribution is 2.33. The van der Waals surface area contributed by atoms with Crippen molar-refractivity contribution in [3.8, 4) is 0 Å². The van der Waals surface area contributed by atoms with Gasteiger partial charge >= 0.3 is 0 Å². The van der Waals surface area contributed by atoms with Gasteiger partial charge in [0.05, 0.1) is 10.7 Å². The first-order valence-corrected chi connectivity index (χ1v) is 6.92. The fourth-order valence-electron chi connectivity index (χ4n) is 1.62. The highest BCUT2D eigenvalue weighted by atomic mass is 79.9. The molecule has 0 radical (unpaired) electrons. The molecule has 1 aliphatic heterocycles. The van der Waals surface area contributed by atoms with Crippen LogP contribution in [0.5, 0.6) is 0 Å². The van der Waals surface area contributed by atoms with E-state index >= 15 is 0 Å². The molecule has 0 bridgehead atoms. The van der Waals surface area contributed by atoms with E-state index in [2.05, 4.69) is 52.2 Å². The van der Waals surface area contributed by atoms with Crippen molar-refractivity contribution in [3.63, 3.8) is 0 Å². The monoisotopic (exact) mass is 327 g/mol. The molecule has 0 aliphatic carbocycles. The number of hydrazone groups is 1. The van der Waals surface area contributed by atoms with Crippen molar-refractivity contribution in [2.24, 2.45) is 21.4 Å². The predicted octanol–water partition coefficient (Wildman–Crippen LogP) is 4.57. The molecule has 1 unspecified atom stereocenters. The van der Waals surface area contributed by atoms with Gasteiger partial charge in [-0.25, -0.2) is 4.99 Å². The summed E-state index contributed by atoms with van der Waals surface area (Å²) in [5.41, 5.74) is 3.70. The van der Waals surface area contributed by atoms with Gasteiger partial charge in [0.25, 0.3) is 0 Å². The van der Waals surface area contributed by atoms with E-state index in [0.29, 0.717) is 10.9 Å². The van der Waals surface area contributed by atoms with Crippen LogP contribution in [0.4, 0.5) is 5.69 Å². The summed E-state index contributed by atoms with van der Waals surface area (Å²) in [6.07, 6.45) is 1.93. The summed E-state index contributed by atoms with van der Waals surface area (Å²) in [6, 6.07) is 5.68. The lowest BCUT2D eigenvalue weighted by Crippen LogP contribution is -2.25. The van der Waals surface area contributed by atoms with Gasteiger partial charge in [0.1, 0.15) is 0 Å². The fourth-order valence-corrected chi connectivity index (χ4v) is 2.15. The van der Waals surface area contributed by atoms with Crippen molar-refractivity contribution in [2.45, 2.75) is 20.8 Å². The molecule has 96 valence electrons. The Morgan fingerprint density at radius 2 is 2.17 bits per heavy atom. The summed E-state index contributed by atoms with van der Waals surface area (Å²) in [7, 11) is 0. The van der Waals surface area contributed by atoms with Crippen molar-refractivity contribution >= 4 is 45.3 Å². The number of halogens is 2. The third kappa shape index (κ3) is 2.45. The number of aliphatic imine (C=N–C) groups is 1. The van der Waals surface area contributed by atoms with Gasteiger partial charge in [-0.2, -0.15) is 5.10 Å². The zero-order chi connectivity index (χ0) is 13.3. The molecule has 1 atom stereocenters. The number of rotatable bonds is 2. The van der Waals surface area contributed by atoms with Crippen molar-refractivity contribution in [1.29, 1.82) is 0 Å². The summed E-state index contributed by atoms with van der Waals surface area (Å²) in [5, 5.41) is 4.98. The largest absolute Gasteiger partial charge is 0.275 e. The van der Waals surface area contributed by atoms with Crippen LogP contribution in [0.25, 0.3) is 0 Å². The normalized spacial score (nSPS) is 23.6. The van der Waals surface area contributed by atoms with Crippen molar-refractivity contribution in [3.05, 3.63) is 27.7 Å². The molecule has 0 saturated heterocycles. The lowest BCUT2D eigenvalue weighted by Gasteiger charge is -2.22. The minimum atomic E-state index is -0.0501. The van der Waals surface area contributed by atoms with Crippen LogP contribution in [-0.2, 0) is 0 Å². The Bertz CT molecular complexity index is 523. The quantitative estimate of drug-likeness (QED) is 0.793. The van der Waals surface area contributed by atoms with E-state index in [4.69, 9.17) is 11.6 Å². The fraction of sp³-hybridized carbons (Fsp3) is 0.385. The van der Waals surface area contributed by atoms with E-state index in [-0.39, 0.29) is 5.41 Å². The summed E-state index contributed by atoms with van der Waals surface area (Å²) in [5.74, 6) is 1.18. The molecule has 1 aliphatic rings. The number of amidine groups is 1. The van der Waals surface area contributed by atoms with Gasteiger partial charge in [-0.15, -0.1) is 0 Å². The molecule has 0 aromatic heterocycles. The molecule has 1 heterocycles. The third-order valence-corrected chi connectivity index (χ3v) is 4.67. The summed E-state index contributed by atoms with van der Waals surface area (Å²) in [6.45, 7) is 6.40. The Morgan fingerprint density at radius 1 is 1.44 bits per heavy atom. The molecule has 3 nitrogen and oxygen atoms in total. The predicted molar refractivity (Wildman–Crippen MR) is 81.6 cm³/mol. The lowest BCUT2D eigenvalue weighted by molar-refractivity contribution is 0.443. The standard InChI is InChI=1S/C13H15BrClN3/c1-8-7-16-12(13(8,2)3)18-17-10-6-4-5-9(14)11(10)15/h4-8,17H,1-3H3/b18-12+. The molecule has 2 rings (SSSR count). The zero-order valence-electron chi connectivity index (χ0n) is 10.5. The van der Waals surface area contributed by atoms with E-state index < -0.39 is 0 Å². The number of hydrogen-bond donors (Lipinski definition) is 1. The van der Waals surface area contributed by atoms with Crippen molar-refractivity contribution in [1.82, 2.24) is 0 Å². The molecular formula is C13H15BrClN3. The summed E-state index contributed by atoms with van der Waals surface area (Å²) >= 11 is 9.54. The van der Waals surface area contributed by atoms with E-state index in [1.165, 1.54) is 0 Å². The molecule has 18 heavy (non-hydrogen) atoms. The molecule has 1 aromatic carbocycles.